The Labute approximate surface area is 103 Å². The molecule has 18 heavy (non-hydrogen) atoms. The molecule has 0 heterocycles. The molecular weight excluding hydrogens is 245 g/mol. The summed E-state index contributed by atoms with van der Waals surface area (Å²) in [6.45, 7) is 2.05. The molecule has 100 valence electrons. The van der Waals surface area contributed by atoms with Crippen LogP contribution in [0.4, 0.5) is 18.9 Å². The van der Waals surface area contributed by atoms with Crippen molar-refractivity contribution in [2.45, 2.75) is 26.1 Å². The van der Waals surface area contributed by atoms with Crippen molar-refractivity contribution in [3.05, 3.63) is 29.8 Å². The van der Waals surface area contributed by atoms with E-state index in [4.69, 9.17) is 0 Å². The minimum atomic E-state index is -4.39. The molecule has 1 atom stereocenters. The SMILES string of the molecule is Cc1ccccc1NC(C)C(=O)NCC(F)(F)F. The van der Waals surface area contributed by atoms with E-state index in [2.05, 4.69) is 5.32 Å². The van der Waals surface area contributed by atoms with Gasteiger partial charge < -0.3 is 10.6 Å². The zero-order chi connectivity index (χ0) is 13.8. The molecule has 1 amide bonds. The van der Waals surface area contributed by atoms with Crippen molar-refractivity contribution in [3.8, 4) is 0 Å². The zero-order valence-electron chi connectivity index (χ0n) is 10.1. The highest BCUT2D eigenvalue weighted by Crippen LogP contribution is 2.15. The Morgan fingerprint density at radius 2 is 1.94 bits per heavy atom. The molecular formula is C12H15F3N2O. The molecule has 0 aromatic heterocycles. The van der Waals surface area contributed by atoms with Crippen molar-refractivity contribution in [1.29, 1.82) is 0 Å². The fraction of sp³-hybridized carbons (Fsp3) is 0.417. The van der Waals surface area contributed by atoms with Gasteiger partial charge in [0.25, 0.3) is 0 Å². The maximum atomic E-state index is 11.9. The first-order valence-electron chi connectivity index (χ1n) is 5.46. The number of hydrogen-bond acceptors (Lipinski definition) is 2. The summed E-state index contributed by atoms with van der Waals surface area (Å²) in [5.74, 6) is -0.685. The molecule has 0 fully saturated rings. The molecule has 0 radical (unpaired) electrons. The number of carbonyl (C=O) groups excluding carboxylic acids is 1. The van der Waals surface area contributed by atoms with Gasteiger partial charge in [-0.25, -0.2) is 0 Å². The van der Waals surface area contributed by atoms with Gasteiger partial charge in [0.15, 0.2) is 0 Å². The van der Waals surface area contributed by atoms with Crippen LogP contribution in [0.2, 0.25) is 0 Å². The van der Waals surface area contributed by atoms with E-state index in [1.807, 2.05) is 24.4 Å². The van der Waals surface area contributed by atoms with Gasteiger partial charge in [-0.15, -0.1) is 0 Å². The van der Waals surface area contributed by atoms with Crippen LogP contribution in [-0.2, 0) is 4.79 Å². The molecule has 0 bridgehead atoms. The highest BCUT2D eigenvalue weighted by Gasteiger charge is 2.28. The van der Waals surface area contributed by atoms with Crippen LogP contribution < -0.4 is 10.6 Å². The Hall–Kier alpha value is -1.72. The summed E-state index contributed by atoms with van der Waals surface area (Å²) < 4.78 is 35.8. The van der Waals surface area contributed by atoms with E-state index in [0.29, 0.717) is 0 Å². The van der Waals surface area contributed by atoms with Gasteiger partial charge >= 0.3 is 6.18 Å². The first kappa shape index (κ1) is 14.3. The normalized spacial score (nSPS) is 12.9. The van der Waals surface area contributed by atoms with Gasteiger partial charge in [-0.2, -0.15) is 13.2 Å². The maximum Gasteiger partial charge on any atom is 0.405 e. The first-order valence-corrected chi connectivity index (χ1v) is 5.46. The van der Waals surface area contributed by atoms with E-state index >= 15 is 0 Å². The monoisotopic (exact) mass is 260 g/mol. The number of aryl methyl sites for hydroxylation is 1. The minimum absolute atomic E-state index is 0.685. The Morgan fingerprint density at radius 3 is 2.50 bits per heavy atom. The molecule has 0 saturated heterocycles. The smallest absolute Gasteiger partial charge is 0.374 e. The van der Waals surface area contributed by atoms with Crippen molar-refractivity contribution >= 4 is 11.6 Å². The van der Waals surface area contributed by atoms with Gasteiger partial charge in [-0.05, 0) is 25.5 Å². The molecule has 0 aliphatic heterocycles. The van der Waals surface area contributed by atoms with E-state index < -0.39 is 24.7 Å². The third-order valence-corrected chi connectivity index (χ3v) is 2.37. The summed E-state index contributed by atoms with van der Waals surface area (Å²) in [4.78, 5) is 11.4. The van der Waals surface area contributed by atoms with Crippen LogP contribution in [0.1, 0.15) is 12.5 Å². The van der Waals surface area contributed by atoms with Gasteiger partial charge in [0.05, 0.1) is 0 Å². The van der Waals surface area contributed by atoms with Crippen molar-refractivity contribution in [2.75, 3.05) is 11.9 Å². The minimum Gasteiger partial charge on any atom is -0.374 e. The first-order chi connectivity index (χ1) is 8.29. The Bertz CT molecular complexity index is 418. The van der Waals surface area contributed by atoms with Crippen molar-refractivity contribution in [2.24, 2.45) is 0 Å². The third kappa shape index (κ3) is 4.65. The van der Waals surface area contributed by atoms with E-state index in [-0.39, 0.29) is 0 Å². The zero-order valence-corrected chi connectivity index (χ0v) is 10.1. The number of nitrogens with one attached hydrogen (secondary N) is 2. The summed E-state index contributed by atoms with van der Waals surface area (Å²) >= 11 is 0. The average molecular weight is 260 g/mol. The van der Waals surface area contributed by atoms with Crippen LogP contribution in [0.3, 0.4) is 0 Å². The van der Waals surface area contributed by atoms with Gasteiger partial charge in [-0.3, -0.25) is 4.79 Å². The lowest BCUT2D eigenvalue weighted by molar-refractivity contribution is -0.138. The Morgan fingerprint density at radius 1 is 1.33 bits per heavy atom. The summed E-state index contributed by atoms with van der Waals surface area (Å²) in [6, 6.07) is 6.52. The number of carbonyl (C=O) groups is 1. The van der Waals surface area contributed by atoms with Crippen LogP contribution >= 0.6 is 0 Å². The van der Waals surface area contributed by atoms with E-state index in [9.17, 15) is 18.0 Å². The number of rotatable bonds is 4. The molecule has 1 aromatic carbocycles. The quantitative estimate of drug-likeness (QED) is 0.873. The van der Waals surface area contributed by atoms with Gasteiger partial charge in [0.1, 0.15) is 12.6 Å². The number of benzene rings is 1. The second-order valence-electron chi connectivity index (χ2n) is 4.01. The number of halogens is 3. The molecule has 1 unspecified atom stereocenters. The third-order valence-electron chi connectivity index (χ3n) is 2.37. The van der Waals surface area contributed by atoms with Crippen LogP contribution in [0, 0.1) is 6.92 Å². The summed E-state index contributed by atoms with van der Waals surface area (Å²) in [5.41, 5.74) is 1.65. The van der Waals surface area contributed by atoms with E-state index in [1.165, 1.54) is 6.92 Å². The van der Waals surface area contributed by atoms with Crippen molar-refractivity contribution < 1.29 is 18.0 Å². The topological polar surface area (TPSA) is 41.1 Å². The molecule has 0 aliphatic rings. The Balaban J connectivity index is 2.53. The number of alkyl halides is 3. The molecule has 3 nitrogen and oxygen atoms in total. The molecule has 1 rings (SSSR count). The number of hydrogen-bond donors (Lipinski definition) is 2. The number of anilines is 1. The van der Waals surface area contributed by atoms with Crippen molar-refractivity contribution in [3.63, 3.8) is 0 Å². The molecule has 1 aromatic rings. The van der Waals surface area contributed by atoms with Gasteiger partial charge in [0, 0.05) is 5.69 Å². The molecule has 0 aliphatic carbocycles. The number of amides is 1. The highest BCUT2D eigenvalue weighted by molar-refractivity contribution is 5.84. The van der Waals surface area contributed by atoms with Gasteiger partial charge in [-0.1, -0.05) is 18.2 Å². The lowest BCUT2D eigenvalue weighted by Crippen LogP contribution is -2.42. The highest BCUT2D eigenvalue weighted by atomic mass is 19.4. The molecule has 0 saturated carbocycles. The Kier molecular flexibility index (Phi) is 4.58. The summed E-state index contributed by atoms with van der Waals surface area (Å²) in [6.07, 6.45) is -4.39. The fourth-order valence-electron chi connectivity index (χ4n) is 1.37. The lowest BCUT2D eigenvalue weighted by atomic mass is 10.2. The second kappa shape index (κ2) is 5.75. The van der Waals surface area contributed by atoms with Crippen LogP contribution in [0.25, 0.3) is 0 Å². The maximum absolute atomic E-state index is 11.9. The fourth-order valence-corrected chi connectivity index (χ4v) is 1.37. The van der Waals surface area contributed by atoms with Crippen LogP contribution in [0.15, 0.2) is 24.3 Å². The summed E-state index contributed by atoms with van der Waals surface area (Å²) in [5, 5.41) is 4.70. The predicted molar refractivity (Wildman–Crippen MR) is 63.3 cm³/mol. The standard InChI is InChI=1S/C12H15F3N2O/c1-8-5-3-4-6-10(8)17-9(2)11(18)16-7-12(13,14)15/h3-6,9,17H,7H2,1-2H3,(H,16,18). The largest absolute Gasteiger partial charge is 0.405 e. The van der Waals surface area contributed by atoms with Crippen molar-refractivity contribution in [1.82, 2.24) is 5.32 Å². The number of para-hydroxylation sites is 1. The second-order valence-corrected chi connectivity index (χ2v) is 4.01. The average Bonchev–Trinajstić information content (AvgIpc) is 2.28. The van der Waals surface area contributed by atoms with E-state index in [0.717, 1.165) is 11.3 Å². The van der Waals surface area contributed by atoms with Crippen LogP contribution in [-0.4, -0.2) is 24.7 Å². The summed E-state index contributed by atoms with van der Waals surface area (Å²) in [7, 11) is 0. The van der Waals surface area contributed by atoms with Gasteiger partial charge in [0.2, 0.25) is 5.91 Å². The predicted octanol–water partition coefficient (Wildman–Crippen LogP) is 2.47. The van der Waals surface area contributed by atoms with E-state index in [1.54, 1.807) is 12.1 Å². The lowest BCUT2D eigenvalue weighted by Gasteiger charge is -2.17. The van der Waals surface area contributed by atoms with Crippen LogP contribution in [0.5, 0.6) is 0 Å². The molecule has 6 heteroatoms. The molecule has 2 N–H and O–H groups in total. The molecule has 0 spiro atoms.